The average molecular weight is 194 g/mol. The molecule has 2 N–H and O–H groups in total. The minimum atomic E-state index is -0.398. The van der Waals surface area contributed by atoms with E-state index in [1.165, 1.54) is 26.4 Å². The third-order valence-electron chi connectivity index (χ3n) is 2.32. The molecule has 1 fully saturated rings. The van der Waals surface area contributed by atoms with E-state index >= 15 is 0 Å². The minimum absolute atomic E-state index is 0. The van der Waals surface area contributed by atoms with E-state index in [2.05, 4.69) is 4.74 Å². The van der Waals surface area contributed by atoms with Gasteiger partial charge in [0, 0.05) is 0 Å². The fraction of sp³-hybridized carbons (Fsp3) is 0.875. The van der Waals surface area contributed by atoms with Crippen LogP contribution in [0.15, 0.2) is 0 Å². The summed E-state index contributed by atoms with van der Waals surface area (Å²) in [4.78, 5) is 10.8. The van der Waals surface area contributed by atoms with Crippen LogP contribution in [0.1, 0.15) is 25.7 Å². The van der Waals surface area contributed by atoms with Crippen LogP contribution in [0, 0.1) is 5.92 Å². The molecule has 1 saturated carbocycles. The Kier molecular flexibility index (Phi) is 5.25. The van der Waals surface area contributed by atoms with Crippen LogP contribution in [-0.4, -0.2) is 19.1 Å². The summed E-state index contributed by atoms with van der Waals surface area (Å²) >= 11 is 0. The summed E-state index contributed by atoms with van der Waals surface area (Å²) in [6, 6.07) is -0.398. The molecule has 0 aliphatic heterocycles. The fourth-order valence-corrected chi connectivity index (χ4v) is 1.34. The van der Waals surface area contributed by atoms with Crippen LogP contribution in [0.4, 0.5) is 0 Å². The first-order valence-corrected chi connectivity index (χ1v) is 4.07. The van der Waals surface area contributed by atoms with Crippen LogP contribution < -0.4 is 5.73 Å². The molecular formula is C8H16ClNO2. The fourth-order valence-electron chi connectivity index (χ4n) is 1.34. The molecule has 0 amide bonds. The molecule has 72 valence electrons. The van der Waals surface area contributed by atoms with Gasteiger partial charge in [0.25, 0.3) is 0 Å². The molecule has 0 aromatic carbocycles. The molecule has 0 saturated heterocycles. The van der Waals surface area contributed by atoms with Crippen molar-refractivity contribution in [2.45, 2.75) is 31.7 Å². The lowest BCUT2D eigenvalue weighted by Gasteiger charge is -2.26. The molecule has 0 aromatic rings. The van der Waals surface area contributed by atoms with E-state index in [4.69, 9.17) is 5.73 Å². The Morgan fingerprint density at radius 3 is 2.58 bits per heavy atom. The second kappa shape index (κ2) is 5.38. The number of hydrogen-bond acceptors (Lipinski definition) is 3. The molecular weight excluding hydrogens is 178 g/mol. The van der Waals surface area contributed by atoms with E-state index < -0.39 is 6.04 Å². The predicted molar refractivity (Wildman–Crippen MR) is 49.2 cm³/mol. The van der Waals surface area contributed by atoms with Crippen molar-refractivity contribution in [3.05, 3.63) is 0 Å². The van der Waals surface area contributed by atoms with E-state index in [0.717, 1.165) is 6.42 Å². The molecule has 0 radical (unpaired) electrons. The summed E-state index contributed by atoms with van der Waals surface area (Å²) in [5.41, 5.74) is 5.56. The number of methoxy groups -OCH3 is 1. The lowest BCUT2D eigenvalue weighted by atomic mass is 9.81. The zero-order valence-corrected chi connectivity index (χ0v) is 8.10. The highest BCUT2D eigenvalue weighted by Crippen LogP contribution is 2.30. The number of ether oxygens (including phenoxy) is 1. The Balaban J connectivity index is 0.00000121. The van der Waals surface area contributed by atoms with Crippen molar-refractivity contribution in [1.82, 2.24) is 0 Å². The van der Waals surface area contributed by atoms with Crippen molar-refractivity contribution in [2.75, 3.05) is 7.11 Å². The maximum atomic E-state index is 10.8. The van der Waals surface area contributed by atoms with Gasteiger partial charge in [-0.1, -0.05) is 19.3 Å². The van der Waals surface area contributed by atoms with Crippen molar-refractivity contribution >= 4 is 18.4 Å². The molecule has 1 aliphatic carbocycles. The second-order valence-corrected chi connectivity index (χ2v) is 3.16. The zero-order chi connectivity index (χ0) is 8.27. The molecule has 3 nitrogen and oxygen atoms in total. The highest BCUT2D eigenvalue weighted by Gasteiger charge is 2.23. The summed E-state index contributed by atoms with van der Waals surface area (Å²) in [6.07, 6.45) is 4.54. The number of carbonyl (C=O) groups excluding carboxylic acids is 1. The van der Waals surface area contributed by atoms with Crippen LogP contribution in [0.2, 0.25) is 0 Å². The van der Waals surface area contributed by atoms with Gasteiger partial charge in [-0.25, -0.2) is 0 Å². The van der Waals surface area contributed by atoms with Crippen molar-refractivity contribution in [1.29, 1.82) is 0 Å². The minimum Gasteiger partial charge on any atom is -0.468 e. The van der Waals surface area contributed by atoms with E-state index in [1.807, 2.05) is 0 Å². The van der Waals surface area contributed by atoms with Crippen molar-refractivity contribution < 1.29 is 9.53 Å². The van der Waals surface area contributed by atoms with Gasteiger partial charge in [-0.05, 0) is 12.3 Å². The van der Waals surface area contributed by atoms with Crippen molar-refractivity contribution in [3.63, 3.8) is 0 Å². The highest BCUT2D eigenvalue weighted by molar-refractivity contribution is 5.85. The summed E-state index contributed by atoms with van der Waals surface area (Å²) in [7, 11) is 1.38. The molecule has 0 bridgehead atoms. The van der Waals surface area contributed by atoms with E-state index in [9.17, 15) is 4.79 Å². The predicted octanol–water partition coefficient (Wildman–Crippen LogP) is 1.10. The Bertz CT molecular complexity index is 148. The van der Waals surface area contributed by atoms with Gasteiger partial charge in [0.1, 0.15) is 6.04 Å². The topological polar surface area (TPSA) is 52.3 Å². The summed E-state index contributed by atoms with van der Waals surface area (Å²) in [5.74, 6) is 0.390. The number of hydrogen-bond donors (Lipinski definition) is 1. The Hall–Kier alpha value is -0.280. The van der Waals surface area contributed by atoms with Gasteiger partial charge in [-0.3, -0.25) is 4.79 Å². The smallest absolute Gasteiger partial charge is 0.322 e. The molecule has 4 heteroatoms. The van der Waals surface area contributed by atoms with Gasteiger partial charge in [0.15, 0.2) is 0 Å². The van der Waals surface area contributed by atoms with Gasteiger partial charge in [-0.2, -0.15) is 0 Å². The first kappa shape index (κ1) is 11.7. The maximum Gasteiger partial charge on any atom is 0.322 e. The molecule has 1 rings (SSSR count). The average Bonchev–Trinajstić information content (AvgIpc) is 1.94. The maximum absolute atomic E-state index is 10.8. The van der Waals surface area contributed by atoms with Crippen molar-refractivity contribution in [3.8, 4) is 0 Å². The SMILES string of the molecule is COC(=O)C(N)CC1CCC1.Cl. The lowest BCUT2D eigenvalue weighted by molar-refractivity contribution is -0.142. The van der Waals surface area contributed by atoms with Crippen LogP contribution in [0.3, 0.4) is 0 Å². The van der Waals surface area contributed by atoms with Crippen LogP contribution in [0.5, 0.6) is 0 Å². The van der Waals surface area contributed by atoms with Gasteiger partial charge >= 0.3 is 5.97 Å². The van der Waals surface area contributed by atoms with E-state index in [1.54, 1.807) is 0 Å². The van der Waals surface area contributed by atoms with Crippen LogP contribution in [0.25, 0.3) is 0 Å². The molecule has 1 aliphatic rings. The molecule has 0 spiro atoms. The molecule has 12 heavy (non-hydrogen) atoms. The standard InChI is InChI=1S/C8H15NO2.ClH/c1-11-8(10)7(9)5-6-3-2-4-6;/h6-7H,2-5,9H2,1H3;1H. The van der Waals surface area contributed by atoms with Crippen LogP contribution in [-0.2, 0) is 9.53 Å². The number of esters is 1. The first-order valence-electron chi connectivity index (χ1n) is 4.07. The highest BCUT2D eigenvalue weighted by atomic mass is 35.5. The number of halogens is 1. The van der Waals surface area contributed by atoms with Gasteiger partial charge in [-0.15, -0.1) is 12.4 Å². The number of nitrogens with two attached hydrogens (primary N) is 1. The Morgan fingerprint density at radius 1 is 1.67 bits per heavy atom. The zero-order valence-electron chi connectivity index (χ0n) is 7.29. The number of carbonyl (C=O) groups is 1. The third kappa shape index (κ3) is 2.99. The van der Waals surface area contributed by atoms with E-state index in [-0.39, 0.29) is 18.4 Å². The van der Waals surface area contributed by atoms with Crippen LogP contribution >= 0.6 is 12.4 Å². The summed E-state index contributed by atoms with van der Waals surface area (Å²) in [6.45, 7) is 0. The quantitative estimate of drug-likeness (QED) is 0.683. The van der Waals surface area contributed by atoms with Gasteiger partial charge < -0.3 is 10.5 Å². The second-order valence-electron chi connectivity index (χ2n) is 3.16. The lowest BCUT2D eigenvalue weighted by Crippen LogP contribution is -2.35. The molecule has 0 heterocycles. The molecule has 1 unspecified atom stereocenters. The third-order valence-corrected chi connectivity index (χ3v) is 2.32. The summed E-state index contributed by atoms with van der Waals surface area (Å²) < 4.78 is 4.52. The first-order chi connectivity index (χ1) is 5.24. The van der Waals surface area contributed by atoms with Gasteiger partial charge in [0.2, 0.25) is 0 Å². The Labute approximate surface area is 79.1 Å². The molecule has 0 aromatic heterocycles. The monoisotopic (exact) mass is 193 g/mol. The Morgan fingerprint density at radius 2 is 2.25 bits per heavy atom. The number of rotatable bonds is 3. The van der Waals surface area contributed by atoms with E-state index in [0.29, 0.717) is 5.92 Å². The summed E-state index contributed by atoms with van der Waals surface area (Å²) in [5, 5.41) is 0. The normalized spacial score (nSPS) is 18.8. The van der Waals surface area contributed by atoms with Gasteiger partial charge in [0.05, 0.1) is 7.11 Å². The van der Waals surface area contributed by atoms with Crippen molar-refractivity contribution in [2.24, 2.45) is 11.7 Å². The molecule has 1 atom stereocenters. The largest absolute Gasteiger partial charge is 0.468 e.